The molecule has 3 aromatic rings. The Labute approximate surface area is 151 Å². The number of carboxylic acid groups (broad SMARTS) is 1. The second-order valence-corrected chi connectivity index (χ2v) is 6.21. The molecule has 1 aromatic heterocycles. The van der Waals surface area contributed by atoms with Crippen molar-refractivity contribution in [1.29, 1.82) is 0 Å². The third-order valence-corrected chi connectivity index (χ3v) is 4.51. The van der Waals surface area contributed by atoms with Crippen LogP contribution in [-0.4, -0.2) is 27.6 Å². The largest absolute Gasteiger partial charge is 0.478 e. The van der Waals surface area contributed by atoms with Gasteiger partial charge in [0.2, 0.25) is 0 Å². The molecule has 0 aliphatic carbocycles. The predicted molar refractivity (Wildman–Crippen MR) is 99.9 cm³/mol. The van der Waals surface area contributed by atoms with E-state index in [1.54, 1.807) is 30.6 Å². The quantitative estimate of drug-likeness (QED) is 0.753. The normalized spacial score (nSPS) is 13.2. The van der Waals surface area contributed by atoms with Crippen LogP contribution in [-0.2, 0) is 13.0 Å². The SMILES string of the molecule is O=C(O)c1ccc(Nc2cc(N3CCc4ccccc4C3)ncn2)cc1. The number of aromatic nitrogens is 2. The number of nitrogens with one attached hydrogen (secondary N) is 1. The molecule has 0 amide bonds. The summed E-state index contributed by atoms with van der Waals surface area (Å²) >= 11 is 0. The van der Waals surface area contributed by atoms with E-state index in [2.05, 4.69) is 44.5 Å². The first kappa shape index (κ1) is 16.1. The van der Waals surface area contributed by atoms with Crippen LogP contribution < -0.4 is 10.2 Å². The summed E-state index contributed by atoms with van der Waals surface area (Å²) in [5.41, 5.74) is 3.76. The van der Waals surface area contributed by atoms with Crippen LogP contribution in [0, 0.1) is 0 Å². The zero-order valence-electron chi connectivity index (χ0n) is 14.1. The summed E-state index contributed by atoms with van der Waals surface area (Å²) in [5, 5.41) is 12.2. The van der Waals surface area contributed by atoms with Crippen molar-refractivity contribution in [1.82, 2.24) is 9.97 Å². The molecule has 1 aliphatic heterocycles. The summed E-state index contributed by atoms with van der Waals surface area (Å²) in [4.78, 5) is 21.8. The van der Waals surface area contributed by atoms with Crippen LogP contribution in [0.15, 0.2) is 60.9 Å². The minimum atomic E-state index is -0.939. The molecule has 0 radical (unpaired) electrons. The van der Waals surface area contributed by atoms with Crippen LogP contribution in [0.2, 0.25) is 0 Å². The topological polar surface area (TPSA) is 78.4 Å². The summed E-state index contributed by atoms with van der Waals surface area (Å²) in [5.74, 6) is 0.613. The number of benzene rings is 2. The Bertz CT molecular complexity index is 941. The van der Waals surface area contributed by atoms with Crippen molar-refractivity contribution in [3.8, 4) is 0 Å². The molecule has 6 nitrogen and oxygen atoms in total. The van der Waals surface area contributed by atoms with E-state index in [1.165, 1.54) is 11.1 Å². The van der Waals surface area contributed by atoms with Gasteiger partial charge in [-0.25, -0.2) is 14.8 Å². The van der Waals surface area contributed by atoms with Crippen LogP contribution in [0.25, 0.3) is 0 Å². The van der Waals surface area contributed by atoms with Gasteiger partial charge in [-0.1, -0.05) is 24.3 Å². The van der Waals surface area contributed by atoms with Gasteiger partial charge in [0.15, 0.2) is 0 Å². The van der Waals surface area contributed by atoms with E-state index < -0.39 is 5.97 Å². The highest BCUT2D eigenvalue weighted by molar-refractivity contribution is 5.88. The smallest absolute Gasteiger partial charge is 0.335 e. The molecule has 4 rings (SSSR count). The fourth-order valence-electron chi connectivity index (χ4n) is 3.12. The summed E-state index contributed by atoms with van der Waals surface area (Å²) in [6, 6.07) is 17.0. The third-order valence-electron chi connectivity index (χ3n) is 4.51. The monoisotopic (exact) mass is 346 g/mol. The Morgan fingerprint density at radius 3 is 2.58 bits per heavy atom. The van der Waals surface area contributed by atoms with Gasteiger partial charge < -0.3 is 15.3 Å². The fraction of sp³-hybridized carbons (Fsp3) is 0.150. The molecule has 2 heterocycles. The Balaban J connectivity index is 1.51. The first-order chi connectivity index (χ1) is 12.7. The van der Waals surface area contributed by atoms with Gasteiger partial charge >= 0.3 is 5.97 Å². The lowest BCUT2D eigenvalue weighted by Gasteiger charge is -2.29. The van der Waals surface area contributed by atoms with Gasteiger partial charge in [-0.3, -0.25) is 0 Å². The maximum atomic E-state index is 10.9. The van der Waals surface area contributed by atoms with Crippen LogP contribution in [0.4, 0.5) is 17.3 Å². The van der Waals surface area contributed by atoms with E-state index in [0.717, 1.165) is 31.0 Å². The molecule has 26 heavy (non-hydrogen) atoms. The van der Waals surface area contributed by atoms with Crippen LogP contribution in [0.5, 0.6) is 0 Å². The average Bonchev–Trinajstić information content (AvgIpc) is 2.68. The second-order valence-electron chi connectivity index (χ2n) is 6.21. The molecular weight excluding hydrogens is 328 g/mol. The highest BCUT2D eigenvalue weighted by atomic mass is 16.4. The van der Waals surface area contributed by atoms with Crippen molar-refractivity contribution in [2.45, 2.75) is 13.0 Å². The van der Waals surface area contributed by atoms with Crippen molar-refractivity contribution < 1.29 is 9.90 Å². The fourth-order valence-corrected chi connectivity index (χ4v) is 3.12. The molecule has 2 N–H and O–H groups in total. The summed E-state index contributed by atoms with van der Waals surface area (Å²) in [7, 11) is 0. The number of aromatic carboxylic acids is 1. The van der Waals surface area contributed by atoms with Gasteiger partial charge in [0.1, 0.15) is 18.0 Å². The summed E-state index contributed by atoms with van der Waals surface area (Å²) < 4.78 is 0. The minimum Gasteiger partial charge on any atom is -0.478 e. The van der Waals surface area contributed by atoms with Crippen molar-refractivity contribution in [2.75, 3.05) is 16.8 Å². The Kier molecular flexibility index (Phi) is 4.23. The van der Waals surface area contributed by atoms with Gasteiger partial charge in [0.25, 0.3) is 0 Å². The lowest BCUT2D eigenvalue weighted by molar-refractivity contribution is 0.0697. The summed E-state index contributed by atoms with van der Waals surface area (Å²) in [6.07, 6.45) is 2.55. The number of rotatable bonds is 4. The number of nitrogens with zero attached hydrogens (tertiary/aromatic N) is 3. The molecular formula is C20H18N4O2. The number of carboxylic acids is 1. The first-order valence-electron chi connectivity index (χ1n) is 8.43. The molecule has 130 valence electrons. The van der Waals surface area contributed by atoms with Crippen LogP contribution in [0.3, 0.4) is 0 Å². The van der Waals surface area contributed by atoms with Crippen LogP contribution in [0.1, 0.15) is 21.5 Å². The Hall–Kier alpha value is -3.41. The Morgan fingerprint density at radius 2 is 1.81 bits per heavy atom. The average molecular weight is 346 g/mol. The van der Waals surface area contributed by atoms with Gasteiger partial charge in [0, 0.05) is 24.8 Å². The maximum Gasteiger partial charge on any atom is 0.335 e. The van der Waals surface area contributed by atoms with E-state index >= 15 is 0 Å². The highest BCUT2D eigenvalue weighted by Crippen LogP contribution is 2.25. The molecule has 1 aliphatic rings. The van der Waals surface area contributed by atoms with Crippen molar-refractivity contribution in [2.24, 2.45) is 0 Å². The standard InChI is InChI=1S/C20H18N4O2/c25-20(26)15-5-7-17(8-6-15)23-18-11-19(22-13-21-18)24-10-9-14-3-1-2-4-16(14)12-24/h1-8,11,13H,9-10,12H2,(H,25,26)(H,21,22,23). The molecule has 0 bridgehead atoms. The van der Waals surface area contributed by atoms with Gasteiger partial charge in [-0.15, -0.1) is 0 Å². The number of hydrogen-bond donors (Lipinski definition) is 2. The zero-order chi connectivity index (χ0) is 17.9. The Morgan fingerprint density at radius 1 is 1.04 bits per heavy atom. The van der Waals surface area contributed by atoms with E-state index in [9.17, 15) is 4.79 Å². The van der Waals surface area contributed by atoms with E-state index in [4.69, 9.17) is 5.11 Å². The first-order valence-corrected chi connectivity index (χ1v) is 8.43. The molecule has 6 heteroatoms. The van der Waals surface area contributed by atoms with Crippen molar-refractivity contribution in [3.63, 3.8) is 0 Å². The number of fused-ring (bicyclic) bond motifs is 1. The van der Waals surface area contributed by atoms with Gasteiger partial charge in [-0.2, -0.15) is 0 Å². The third kappa shape index (κ3) is 3.35. The molecule has 0 spiro atoms. The minimum absolute atomic E-state index is 0.255. The van der Waals surface area contributed by atoms with E-state index in [-0.39, 0.29) is 5.56 Å². The lowest BCUT2D eigenvalue weighted by Crippen LogP contribution is -2.31. The molecule has 0 saturated heterocycles. The number of hydrogen-bond acceptors (Lipinski definition) is 5. The second kappa shape index (κ2) is 6.84. The van der Waals surface area contributed by atoms with Gasteiger partial charge in [0.05, 0.1) is 5.56 Å². The van der Waals surface area contributed by atoms with Crippen molar-refractivity contribution >= 4 is 23.3 Å². The van der Waals surface area contributed by atoms with Crippen molar-refractivity contribution in [3.05, 3.63) is 77.6 Å². The molecule has 2 aromatic carbocycles. The molecule has 0 atom stereocenters. The molecule has 0 saturated carbocycles. The maximum absolute atomic E-state index is 10.9. The predicted octanol–water partition coefficient (Wildman–Crippen LogP) is 3.48. The van der Waals surface area contributed by atoms with E-state index in [1.807, 2.05) is 6.07 Å². The number of anilines is 3. The molecule has 0 fully saturated rings. The number of carbonyl (C=O) groups is 1. The van der Waals surface area contributed by atoms with Gasteiger partial charge in [-0.05, 0) is 41.8 Å². The lowest BCUT2D eigenvalue weighted by atomic mass is 10.00. The van der Waals surface area contributed by atoms with E-state index in [0.29, 0.717) is 5.82 Å². The highest BCUT2D eigenvalue weighted by Gasteiger charge is 2.17. The zero-order valence-corrected chi connectivity index (χ0v) is 14.1. The van der Waals surface area contributed by atoms with Crippen LogP contribution >= 0.6 is 0 Å². The molecule has 0 unspecified atom stereocenters. The summed E-state index contributed by atoms with van der Waals surface area (Å²) in [6.45, 7) is 1.75.